The van der Waals surface area contributed by atoms with Crippen LogP contribution in [0.1, 0.15) is 15.9 Å². The minimum Gasteiger partial charge on any atom is -0.292 e. The Kier molecular flexibility index (Phi) is 3.74. The zero-order valence-electron chi connectivity index (χ0n) is 8.34. The molecule has 0 saturated heterocycles. The van der Waals surface area contributed by atoms with Gasteiger partial charge in [-0.05, 0) is 6.92 Å². The molecule has 2 amide bonds. The Morgan fingerprint density at radius 2 is 1.73 bits per heavy atom. The minimum absolute atomic E-state index is 0.212. The fourth-order valence-corrected chi connectivity index (χ4v) is 1.10. The second-order valence-electron chi connectivity index (χ2n) is 3.17. The number of carbonyl (C=O) groups is 3. The molecule has 0 aliphatic heterocycles. The molecule has 0 aliphatic carbocycles. The molecule has 0 atom stereocenters. The first kappa shape index (κ1) is 11.1. The van der Waals surface area contributed by atoms with Gasteiger partial charge in [0.25, 0.3) is 0 Å². The number of imide groups is 1. The van der Waals surface area contributed by atoms with Crippen molar-refractivity contribution in [2.75, 3.05) is 6.54 Å². The van der Waals surface area contributed by atoms with Gasteiger partial charge in [0.2, 0.25) is 12.8 Å². The number of aryl methyl sites for hydroxylation is 1. The number of ketones is 1. The summed E-state index contributed by atoms with van der Waals surface area (Å²) < 4.78 is 0. The summed E-state index contributed by atoms with van der Waals surface area (Å²) in [5.74, 6) is -0.255. The van der Waals surface area contributed by atoms with Crippen molar-refractivity contribution in [3.63, 3.8) is 0 Å². The summed E-state index contributed by atoms with van der Waals surface area (Å²) in [7, 11) is 0. The van der Waals surface area contributed by atoms with Gasteiger partial charge in [-0.2, -0.15) is 0 Å². The molecule has 0 N–H and O–H groups in total. The summed E-state index contributed by atoms with van der Waals surface area (Å²) in [6.07, 6.45) is 0.665. The molecule has 0 unspecified atom stereocenters. The molecular weight excluding hydrogens is 194 g/mol. The standard InChI is InChI=1S/C11H11NO3/c1-9-2-4-10(5-3-9)11(15)6-12(7-13)8-14/h2-5,7-8H,6H2,1H3. The summed E-state index contributed by atoms with van der Waals surface area (Å²) >= 11 is 0. The molecule has 0 spiro atoms. The van der Waals surface area contributed by atoms with Crippen LogP contribution >= 0.6 is 0 Å². The molecule has 0 aliphatic rings. The molecule has 0 radical (unpaired) electrons. The van der Waals surface area contributed by atoms with Crippen molar-refractivity contribution >= 4 is 18.6 Å². The molecule has 0 fully saturated rings. The second kappa shape index (κ2) is 5.05. The van der Waals surface area contributed by atoms with Gasteiger partial charge < -0.3 is 0 Å². The highest BCUT2D eigenvalue weighted by Crippen LogP contribution is 2.04. The van der Waals surface area contributed by atoms with E-state index in [0.29, 0.717) is 18.4 Å². The first-order chi connectivity index (χ1) is 7.17. The molecule has 0 heterocycles. The highest BCUT2D eigenvalue weighted by atomic mass is 16.2. The Morgan fingerprint density at radius 1 is 1.20 bits per heavy atom. The van der Waals surface area contributed by atoms with E-state index in [1.807, 2.05) is 6.92 Å². The monoisotopic (exact) mass is 205 g/mol. The van der Waals surface area contributed by atoms with Crippen LogP contribution in [0.5, 0.6) is 0 Å². The zero-order valence-corrected chi connectivity index (χ0v) is 8.34. The van der Waals surface area contributed by atoms with Crippen LogP contribution in [0.3, 0.4) is 0 Å². The Bertz CT molecular complexity index is 362. The Balaban J connectivity index is 2.72. The fourth-order valence-electron chi connectivity index (χ4n) is 1.10. The molecule has 78 valence electrons. The number of Topliss-reactive ketones (excluding diaryl/α,β-unsaturated/α-hetero) is 1. The topological polar surface area (TPSA) is 54.5 Å². The molecular formula is C11H11NO3. The van der Waals surface area contributed by atoms with Crippen molar-refractivity contribution in [3.8, 4) is 0 Å². The summed E-state index contributed by atoms with van der Waals surface area (Å²) in [4.78, 5) is 32.9. The maximum Gasteiger partial charge on any atom is 0.216 e. The third kappa shape index (κ3) is 3.02. The number of carbonyl (C=O) groups excluding carboxylic acids is 3. The van der Waals surface area contributed by atoms with E-state index >= 15 is 0 Å². The van der Waals surface area contributed by atoms with Crippen molar-refractivity contribution < 1.29 is 14.4 Å². The van der Waals surface area contributed by atoms with E-state index in [2.05, 4.69) is 0 Å². The number of hydrogen-bond acceptors (Lipinski definition) is 3. The van der Waals surface area contributed by atoms with Gasteiger partial charge in [-0.25, -0.2) is 0 Å². The lowest BCUT2D eigenvalue weighted by atomic mass is 10.1. The molecule has 15 heavy (non-hydrogen) atoms. The molecule has 1 aromatic carbocycles. The van der Waals surface area contributed by atoms with Gasteiger partial charge in [0, 0.05) is 5.56 Å². The largest absolute Gasteiger partial charge is 0.292 e. The summed E-state index contributed by atoms with van der Waals surface area (Å²) in [6.45, 7) is 1.70. The molecule has 4 heteroatoms. The normalized spacial score (nSPS) is 9.40. The first-order valence-corrected chi connectivity index (χ1v) is 4.43. The van der Waals surface area contributed by atoms with Crippen molar-refractivity contribution in [2.45, 2.75) is 6.92 Å². The molecule has 0 saturated carbocycles. The van der Waals surface area contributed by atoms with E-state index in [1.54, 1.807) is 24.3 Å². The van der Waals surface area contributed by atoms with Crippen molar-refractivity contribution in [1.82, 2.24) is 4.90 Å². The minimum atomic E-state index is -0.255. The lowest BCUT2D eigenvalue weighted by Gasteiger charge is -2.07. The predicted octanol–water partition coefficient (Wildman–Crippen LogP) is 0.793. The van der Waals surface area contributed by atoms with Gasteiger partial charge in [-0.3, -0.25) is 19.3 Å². The Labute approximate surface area is 87.5 Å². The number of amides is 2. The average Bonchev–Trinajstić information content (AvgIpc) is 2.26. The SMILES string of the molecule is Cc1ccc(C(=O)CN(C=O)C=O)cc1. The van der Waals surface area contributed by atoms with Crippen molar-refractivity contribution in [2.24, 2.45) is 0 Å². The molecule has 4 nitrogen and oxygen atoms in total. The van der Waals surface area contributed by atoms with E-state index in [4.69, 9.17) is 0 Å². The summed E-state index contributed by atoms with van der Waals surface area (Å²) in [5, 5.41) is 0. The van der Waals surface area contributed by atoms with Crippen LogP contribution in [0.25, 0.3) is 0 Å². The van der Waals surface area contributed by atoms with Gasteiger partial charge in [-0.1, -0.05) is 29.8 Å². The second-order valence-corrected chi connectivity index (χ2v) is 3.17. The number of hydrogen-bond donors (Lipinski definition) is 0. The van der Waals surface area contributed by atoms with Gasteiger partial charge in [-0.15, -0.1) is 0 Å². The van der Waals surface area contributed by atoms with Gasteiger partial charge in [0.1, 0.15) is 0 Å². The quantitative estimate of drug-likeness (QED) is 0.527. The van der Waals surface area contributed by atoms with Crippen LogP contribution < -0.4 is 0 Å². The van der Waals surface area contributed by atoms with E-state index in [9.17, 15) is 14.4 Å². The first-order valence-electron chi connectivity index (χ1n) is 4.43. The van der Waals surface area contributed by atoms with Crippen LogP contribution in [-0.4, -0.2) is 30.0 Å². The van der Waals surface area contributed by atoms with E-state index in [-0.39, 0.29) is 12.3 Å². The Morgan fingerprint density at radius 3 is 2.20 bits per heavy atom. The van der Waals surface area contributed by atoms with Crippen LogP contribution in [-0.2, 0) is 9.59 Å². The lowest BCUT2D eigenvalue weighted by molar-refractivity contribution is -0.128. The van der Waals surface area contributed by atoms with Crippen molar-refractivity contribution in [1.29, 1.82) is 0 Å². The van der Waals surface area contributed by atoms with Gasteiger partial charge >= 0.3 is 0 Å². The van der Waals surface area contributed by atoms with E-state index in [0.717, 1.165) is 10.5 Å². The summed E-state index contributed by atoms with van der Waals surface area (Å²) in [6, 6.07) is 6.95. The number of rotatable bonds is 5. The van der Waals surface area contributed by atoms with Crippen LogP contribution in [0.2, 0.25) is 0 Å². The van der Waals surface area contributed by atoms with E-state index in [1.165, 1.54) is 0 Å². The van der Waals surface area contributed by atoms with E-state index < -0.39 is 0 Å². The number of benzene rings is 1. The Hall–Kier alpha value is -1.97. The maximum atomic E-state index is 11.5. The third-order valence-corrected chi connectivity index (χ3v) is 1.97. The predicted molar refractivity (Wildman–Crippen MR) is 54.3 cm³/mol. The van der Waals surface area contributed by atoms with Crippen LogP contribution in [0, 0.1) is 6.92 Å². The van der Waals surface area contributed by atoms with Crippen LogP contribution in [0.4, 0.5) is 0 Å². The average molecular weight is 205 g/mol. The smallest absolute Gasteiger partial charge is 0.216 e. The molecule has 0 bridgehead atoms. The fraction of sp³-hybridized carbons (Fsp3) is 0.182. The number of nitrogens with zero attached hydrogens (tertiary/aromatic N) is 1. The van der Waals surface area contributed by atoms with Gasteiger partial charge in [0.05, 0.1) is 6.54 Å². The highest BCUT2D eigenvalue weighted by molar-refractivity contribution is 5.99. The molecule has 0 aromatic heterocycles. The van der Waals surface area contributed by atoms with Crippen molar-refractivity contribution in [3.05, 3.63) is 35.4 Å². The zero-order chi connectivity index (χ0) is 11.3. The highest BCUT2D eigenvalue weighted by Gasteiger charge is 2.09. The third-order valence-electron chi connectivity index (χ3n) is 1.97. The van der Waals surface area contributed by atoms with Gasteiger partial charge in [0.15, 0.2) is 5.78 Å². The van der Waals surface area contributed by atoms with Crippen LogP contribution in [0.15, 0.2) is 24.3 Å². The molecule has 1 aromatic rings. The summed E-state index contributed by atoms with van der Waals surface area (Å²) in [5.41, 5.74) is 1.54. The lowest BCUT2D eigenvalue weighted by Crippen LogP contribution is -2.27. The maximum absolute atomic E-state index is 11.5. The molecule has 1 rings (SSSR count).